The van der Waals surface area contributed by atoms with Crippen LogP contribution in [0.1, 0.15) is 297 Å². The second kappa shape index (κ2) is 51.5. The molecule has 364 valence electrons. The van der Waals surface area contributed by atoms with Crippen molar-refractivity contribution in [3.8, 4) is 0 Å². The lowest BCUT2D eigenvalue weighted by Gasteiger charge is -2.18. The molecule has 0 amide bonds. The maximum absolute atomic E-state index is 12.8. The first-order chi connectivity index (χ1) is 30.5. The molecule has 0 spiro atoms. The van der Waals surface area contributed by atoms with Crippen LogP contribution in [-0.4, -0.2) is 37.2 Å². The van der Waals surface area contributed by atoms with E-state index in [0.29, 0.717) is 19.3 Å². The predicted octanol–water partition coefficient (Wildman–Crippen LogP) is 17.9. The zero-order chi connectivity index (χ0) is 45.1. The number of carbonyl (C=O) groups excluding carboxylic acids is 3. The van der Waals surface area contributed by atoms with Crippen molar-refractivity contribution >= 4 is 17.9 Å². The van der Waals surface area contributed by atoms with E-state index in [-0.39, 0.29) is 31.1 Å². The van der Waals surface area contributed by atoms with Crippen LogP contribution in [0.5, 0.6) is 0 Å². The highest BCUT2D eigenvalue weighted by Crippen LogP contribution is 2.16. The molecule has 6 nitrogen and oxygen atoms in total. The van der Waals surface area contributed by atoms with Crippen LogP contribution in [0, 0.1) is 0 Å². The SMILES string of the molecule is CCCCCCCC/C=C\CCCCCCCC(=O)OC[C@H](COC(=O)CCCCCCCCCCCCCCCC)OC(=O)CCCCCC/C=C/CCCCCCCCC. The number of hydrogen-bond donors (Lipinski definition) is 0. The summed E-state index contributed by atoms with van der Waals surface area (Å²) >= 11 is 0. The third-order valence-electron chi connectivity index (χ3n) is 12.2. The third kappa shape index (κ3) is 48.9. The van der Waals surface area contributed by atoms with E-state index in [1.54, 1.807) is 0 Å². The van der Waals surface area contributed by atoms with Crippen molar-refractivity contribution < 1.29 is 28.6 Å². The van der Waals surface area contributed by atoms with Gasteiger partial charge < -0.3 is 14.2 Å². The highest BCUT2D eigenvalue weighted by atomic mass is 16.6. The van der Waals surface area contributed by atoms with Gasteiger partial charge in [0.15, 0.2) is 6.10 Å². The van der Waals surface area contributed by atoms with Crippen molar-refractivity contribution in [1.29, 1.82) is 0 Å². The summed E-state index contributed by atoms with van der Waals surface area (Å²) < 4.78 is 16.8. The van der Waals surface area contributed by atoms with E-state index in [1.807, 2.05) is 0 Å². The Morgan fingerprint density at radius 2 is 0.532 bits per heavy atom. The fourth-order valence-corrected chi connectivity index (χ4v) is 8.02. The van der Waals surface area contributed by atoms with Gasteiger partial charge in [0.2, 0.25) is 0 Å². The van der Waals surface area contributed by atoms with Crippen LogP contribution in [0.4, 0.5) is 0 Å². The minimum Gasteiger partial charge on any atom is -0.462 e. The lowest BCUT2D eigenvalue weighted by molar-refractivity contribution is -0.167. The number of carbonyl (C=O) groups is 3. The Bertz CT molecular complexity index is 1000. The first-order valence-electron chi connectivity index (χ1n) is 27.3. The summed E-state index contributed by atoms with van der Waals surface area (Å²) in [5, 5.41) is 0. The lowest BCUT2D eigenvalue weighted by Crippen LogP contribution is -2.30. The molecular weight excluding hydrogens is 769 g/mol. The molecule has 62 heavy (non-hydrogen) atoms. The third-order valence-corrected chi connectivity index (χ3v) is 12.2. The van der Waals surface area contributed by atoms with Gasteiger partial charge in [0.1, 0.15) is 13.2 Å². The summed E-state index contributed by atoms with van der Waals surface area (Å²) in [5.41, 5.74) is 0. The first-order valence-corrected chi connectivity index (χ1v) is 27.3. The van der Waals surface area contributed by atoms with Crippen molar-refractivity contribution in [2.75, 3.05) is 13.2 Å². The predicted molar refractivity (Wildman–Crippen MR) is 266 cm³/mol. The normalized spacial score (nSPS) is 12.1. The Hall–Kier alpha value is -2.11. The molecule has 0 bridgehead atoms. The van der Waals surface area contributed by atoms with Gasteiger partial charge in [-0.25, -0.2) is 0 Å². The number of esters is 3. The first kappa shape index (κ1) is 59.9. The zero-order valence-electron chi connectivity index (χ0n) is 41.7. The molecule has 0 unspecified atom stereocenters. The van der Waals surface area contributed by atoms with Crippen LogP contribution >= 0.6 is 0 Å². The Balaban J connectivity index is 4.37. The number of allylic oxidation sites excluding steroid dienone is 4. The molecule has 0 saturated heterocycles. The van der Waals surface area contributed by atoms with Crippen LogP contribution in [0.15, 0.2) is 24.3 Å². The van der Waals surface area contributed by atoms with Gasteiger partial charge in [-0.2, -0.15) is 0 Å². The fourth-order valence-electron chi connectivity index (χ4n) is 8.02. The van der Waals surface area contributed by atoms with Crippen molar-refractivity contribution in [3.63, 3.8) is 0 Å². The smallest absolute Gasteiger partial charge is 0.306 e. The molecule has 0 aliphatic heterocycles. The molecule has 0 aliphatic carbocycles. The van der Waals surface area contributed by atoms with Crippen molar-refractivity contribution in [1.82, 2.24) is 0 Å². The Labute approximate surface area is 385 Å². The van der Waals surface area contributed by atoms with E-state index < -0.39 is 6.10 Å². The highest BCUT2D eigenvalue weighted by molar-refractivity contribution is 5.71. The van der Waals surface area contributed by atoms with E-state index >= 15 is 0 Å². The second-order valence-electron chi connectivity index (χ2n) is 18.5. The van der Waals surface area contributed by atoms with Crippen LogP contribution in [0.3, 0.4) is 0 Å². The standard InChI is InChI=1S/C56H104O6/c1-4-7-10-13-16-19-22-25-28-31-34-37-40-43-46-49-55(58)61-52-53(51-60-54(57)48-45-42-39-36-33-30-27-24-21-18-15-12-9-6-3)62-56(59)50-47-44-41-38-35-32-29-26-23-20-17-14-11-8-5-2/h25,28-29,32,53H,4-24,26-27,30-31,33-52H2,1-3H3/b28-25-,32-29+/t53-/m0/s1. The molecule has 0 radical (unpaired) electrons. The fraction of sp³-hybridized carbons (Fsp3) is 0.875. The summed E-state index contributed by atoms with van der Waals surface area (Å²) in [5.74, 6) is -0.879. The van der Waals surface area contributed by atoms with Gasteiger partial charge in [-0.1, -0.05) is 231 Å². The van der Waals surface area contributed by atoms with E-state index in [9.17, 15) is 14.4 Å². The van der Waals surface area contributed by atoms with E-state index in [1.165, 1.54) is 180 Å². The average molecular weight is 873 g/mol. The molecule has 0 heterocycles. The summed E-state index contributed by atoms with van der Waals surface area (Å²) in [6.07, 6.45) is 58.7. The number of unbranched alkanes of at least 4 members (excludes halogenated alkanes) is 35. The van der Waals surface area contributed by atoms with Gasteiger partial charge >= 0.3 is 17.9 Å². The van der Waals surface area contributed by atoms with E-state index in [4.69, 9.17) is 14.2 Å². The van der Waals surface area contributed by atoms with Crippen LogP contribution in [0.25, 0.3) is 0 Å². The van der Waals surface area contributed by atoms with Crippen LogP contribution < -0.4 is 0 Å². The average Bonchev–Trinajstić information content (AvgIpc) is 3.27. The number of ether oxygens (including phenoxy) is 3. The summed E-state index contributed by atoms with van der Waals surface area (Å²) in [7, 11) is 0. The van der Waals surface area contributed by atoms with Crippen molar-refractivity contribution in [2.45, 2.75) is 303 Å². The molecule has 0 rings (SSSR count). The highest BCUT2D eigenvalue weighted by Gasteiger charge is 2.19. The van der Waals surface area contributed by atoms with E-state index in [0.717, 1.165) is 77.0 Å². The van der Waals surface area contributed by atoms with Crippen molar-refractivity contribution in [2.24, 2.45) is 0 Å². The lowest BCUT2D eigenvalue weighted by atomic mass is 10.0. The maximum atomic E-state index is 12.8. The number of hydrogen-bond acceptors (Lipinski definition) is 6. The molecule has 0 N–H and O–H groups in total. The molecule has 0 fully saturated rings. The topological polar surface area (TPSA) is 78.9 Å². The van der Waals surface area contributed by atoms with Gasteiger partial charge in [0.05, 0.1) is 0 Å². The summed E-state index contributed by atoms with van der Waals surface area (Å²) in [6, 6.07) is 0. The molecule has 0 aromatic rings. The Morgan fingerprint density at radius 3 is 0.806 bits per heavy atom. The summed E-state index contributed by atoms with van der Waals surface area (Å²) in [4.78, 5) is 38.0. The molecule has 0 aromatic carbocycles. The van der Waals surface area contributed by atoms with Crippen LogP contribution in [-0.2, 0) is 28.6 Å². The minimum absolute atomic E-state index is 0.0744. The van der Waals surface area contributed by atoms with Gasteiger partial charge in [-0.3, -0.25) is 14.4 Å². The Morgan fingerprint density at radius 1 is 0.306 bits per heavy atom. The molecule has 6 heteroatoms. The van der Waals surface area contributed by atoms with Gasteiger partial charge in [-0.15, -0.1) is 0 Å². The van der Waals surface area contributed by atoms with Crippen molar-refractivity contribution in [3.05, 3.63) is 24.3 Å². The van der Waals surface area contributed by atoms with Gasteiger partial charge in [0.25, 0.3) is 0 Å². The maximum Gasteiger partial charge on any atom is 0.306 e. The molecule has 0 saturated carbocycles. The summed E-state index contributed by atoms with van der Waals surface area (Å²) in [6.45, 7) is 6.65. The molecule has 1 atom stereocenters. The van der Waals surface area contributed by atoms with Gasteiger partial charge in [-0.05, 0) is 70.6 Å². The number of rotatable bonds is 50. The molecule has 0 aromatic heterocycles. The quantitative estimate of drug-likeness (QED) is 0.0262. The largest absolute Gasteiger partial charge is 0.462 e. The van der Waals surface area contributed by atoms with Crippen LogP contribution in [0.2, 0.25) is 0 Å². The minimum atomic E-state index is -0.776. The second-order valence-corrected chi connectivity index (χ2v) is 18.5. The monoisotopic (exact) mass is 873 g/mol. The molecular formula is C56H104O6. The Kier molecular flexibility index (Phi) is 49.8. The van der Waals surface area contributed by atoms with Gasteiger partial charge in [0, 0.05) is 19.3 Å². The van der Waals surface area contributed by atoms with E-state index in [2.05, 4.69) is 45.1 Å². The molecule has 0 aliphatic rings. The zero-order valence-corrected chi connectivity index (χ0v) is 41.7.